The van der Waals surface area contributed by atoms with Crippen LogP contribution in [-0.2, 0) is 7.05 Å². The highest BCUT2D eigenvalue weighted by Crippen LogP contribution is 2.32. The quantitative estimate of drug-likeness (QED) is 0.689. The van der Waals surface area contributed by atoms with Crippen molar-refractivity contribution in [1.82, 2.24) is 14.8 Å². The largest absolute Gasteiger partial charge is 0.351 e. The number of rotatable bonds is 4. The molecule has 4 rings (SSSR count). The molecule has 1 aliphatic heterocycles. The number of fused-ring (bicyclic) bond motifs is 1. The molecular formula is C17H19N5S2. The summed E-state index contributed by atoms with van der Waals surface area (Å²) in [7, 11) is 1.98. The second kappa shape index (κ2) is 6.22. The molecule has 3 aromatic rings. The molecule has 5 nitrogen and oxygen atoms in total. The number of aromatic nitrogens is 3. The molecule has 3 heterocycles. The molecule has 1 aliphatic rings. The van der Waals surface area contributed by atoms with Crippen LogP contribution in [-0.4, -0.2) is 32.1 Å². The van der Waals surface area contributed by atoms with E-state index in [9.17, 15) is 0 Å². The van der Waals surface area contributed by atoms with Crippen molar-refractivity contribution in [3.05, 3.63) is 41.3 Å². The lowest BCUT2D eigenvalue weighted by molar-refractivity contribution is 0.729. The maximum Gasteiger partial charge on any atom is 0.114 e. The number of H-pyrrole nitrogens is 1. The van der Waals surface area contributed by atoms with Crippen LogP contribution in [0.5, 0.6) is 0 Å². The van der Waals surface area contributed by atoms with Crippen molar-refractivity contribution in [2.24, 2.45) is 12.0 Å². The standard InChI is InChI=1S/C17H19N5S2/c1-10-16(11(2)22(3)20-10)24-21-13-6-4-5-12-9-14(19-15(12)13)17-18-7-8-23-17/h4-6,9,19,21H,7-8H2,1-3H3. The molecule has 7 heteroatoms. The van der Waals surface area contributed by atoms with Crippen molar-refractivity contribution in [3.63, 3.8) is 0 Å². The SMILES string of the molecule is Cc1nn(C)c(C)c1SNc1cccc2cc(C3=NCCS3)[nH]c12. The van der Waals surface area contributed by atoms with E-state index in [-0.39, 0.29) is 0 Å². The van der Waals surface area contributed by atoms with Gasteiger partial charge in [0.25, 0.3) is 0 Å². The molecule has 0 aliphatic carbocycles. The molecule has 0 saturated heterocycles. The van der Waals surface area contributed by atoms with Gasteiger partial charge in [-0.15, -0.1) is 11.8 Å². The lowest BCUT2D eigenvalue weighted by Gasteiger charge is -2.07. The number of hydrogen-bond acceptors (Lipinski definition) is 5. The van der Waals surface area contributed by atoms with Gasteiger partial charge < -0.3 is 9.71 Å². The zero-order chi connectivity index (χ0) is 16.7. The summed E-state index contributed by atoms with van der Waals surface area (Å²) in [4.78, 5) is 9.27. The van der Waals surface area contributed by atoms with Gasteiger partial charge in [0.05, 0.1) is 33.2 Å². The number of para-hydroxylation sites is 1. The van der Waals surface area contributed by atoms with Crippen LogP contribution in [0.25, 0.3) is 10.9 Å². The van der Waals surface area contributed by atoms with Crippen molar-refractivity contribution in [3.8, 4) is 0 Å². The summed E-state index contributed by atoms with van der Waals surface area (Å²) in [6.07, 6.45) is 0. The number of nitrogens with zero attached hydrogens (tertiary/aromatic N) is 3. The normalized spacial score (nSPS) is 14.4. The summed E-state index contributed by atoms with van der Waals surface area (Å²) in [5, 5.41) is 6.79. The molecule has 0 amide bonds. The van der Waals surface area contributed by atoms with Gasteiger partial charge in [0.2, 0.25) is 0 Å². The van der Waals surface area contributed by atoms with Gasteiger partial charge in [-0.25, -0.2) is 0 Å². The first kappa shape index (κ1) is 15.7. The minimum Gasteiger partial charge on any atom is -0.351 e. The monoisotopic (exact) mass is 357 g/mol. The van der Waals surface area contributed by atoms with E-state index in [1.165, 1.54) is 16.0 Å². The molecule has 0 saturated carbocycles. The Bertz CT molecular complexity index is 938. The van der Waals surface area contributed by atoms with Gasteiger partial charge in [-0.1, -0.05) is 12.1 Å². The van der Waals surface area contributed by atoms with Crippen LogP contribution < -0.4 is 4.72 Å². The van der Waals surface area contributed by atoms with Crippen LogP contribution in [0.4, 0.5) is 5.69 Å². The fraction of sp³-hybridized carbons (Fsp3) is 0.294. The number of benzene rings is 1. The van der Waals surface area contributed by atoms with Gasteiger partial charge in [-0.2, -0.15) is 5.10 Å². The second-order valence-electron chi connectivity index (χ2n) is 5.82. The van der Waals surface area contributed by atoms with E-state index in [0.29, 0.717) is 0 Å². The Balaban J connectivity index is 1.64. The van der Waals surface area contributed by atoms with Crippen LogP contribution in [0.1, 0.15) is 17.1 Å². The lowest BCUT2D eigenvalue weighted by Crippen LogP contribution is -1.94. The third-order valence-corrected chi connectivity index (χ3v) is 6.30. The van der Waals surface area contributed by atoms with E-state index in [1.807, 2.05) is 30.4 Å². The van der Waals surface area contributed by atoms with Crippen LogP contribution >= 0.6 is 23.7 Å². The van der Waals surface area contributed by atoms with Crippen molar-refractivity contribution in [1.29, 1.82) is 0 Å². The average molecular weight is 358 g/mol. The molecule has 0 radical (unpaired) electrons. The molecule has 0 fully saturated rings. The van der Waals surface area contributed by atoms with Crippen molar-refractivity contribution in [2.75, 3.05) is 17.0 Å². The summed E-state index contributed by atoms with van der Waals surface area (Å²) in [6, 6.07) is 8.49. The highest BCUT2D eigenvalue weighted by Gasteiger charge is 2.15. The number of anilines is 1. The third-order valence-electron chi connectivity index (χ3n) is 4.18. The summed E-state index contributed by atoms with van der Waals surface area (Å²) in [6.45, 7) is 5.04. The van der Waals surface area contributed by atoms with Crippen molar-refractivity contribution >= 4 is 45.3 Å². The van der Waals surface area contributed by atoms with Crippen LogP contribution in [0, 0.1) is 13.8 Å². The Labute approximate surface area is 149 Å². The predicted molar refractivity (Wildman–Crippen MR) is 104 cm³/mol. The molecule has 0 spiro atoms. The van der Waals surface area contributed by atoms with E-state index in [1.54, 1.807) is 11.9 Å². The highest BCUT2D eigenvalue weighted by molar-refractivity contribution is 8.14. The van der Waals surface area contributed by atoms with E-state index in [0.717, 1.165) is 39.9 Å². The molecule has 2 N–H and O–H groups in total. The Hall–Kier alpha value is -1.86. The predicted octanol–water partition coefficient (Wildman–Crippen LogP) is 4.13. The molecule has 1 aromatic carbocycles. The number of hydrogen-bond donors (Lipinski definition) is 2. The van der Waals surface area contributed by atoms with Crippen molar-refractivity contribution < 1.29 is 0 Å². The first-order valence-electron chi connectivity index (χ1n) is 7.86. The molecule has 0 unspecified atom stereocenters. The van der Waals surface area contributed by atoms with Crippen LogP contribution in [0.2, 0.25) is 0 Å². The smallest absolute Gasteiger partial charge is 0.114 e. The number of aryl methyl sites for hydroxylation is 2. The summed E-state index contributed by atoms with van der Waals surface area (Å²) < 4.78 is 5.41. The zero-order valence-corrected chi connectivity index (χ0v) is 15.5. The van der Waals surface area contributed by atoms with E-state index in [2.05, 4.69) is 51.0 Å². The van der Waals surface area contributed by atoms with Crippen LogP contribution in [0.3, 0.4) is 0 Å². The van der Waals surface area contributed by atoms with Gasteiger partial charge in [0.1, 0.15) is 5.04 Å². The number of thioether (sulfide) groups is 1. The average Bonchev–Trinajstić information content (AvgIpc) is 3.27. The van der Waals surface area contributed by atoms with Gasteiger partial charge in [0.15, 0.2) is 0 Å². The van der Waals surface area contributed by atoms with Gasteiger partial charge in [-0.3, -0.25) is 9.67 Å². The minimum atomic E-state index is 0.913. The Morgan fingerprint density at radius 2 is 2.21 bits per heavy atom. The topological polar surface area (TPSA) is 58.0 Å². The first-order chi connectivity index (χ1) is 11.6. The van der Waals surface area contributed by atoms with E-state index < -0.39 is 0 Å². The Kier molecular flexibility index (Phi) is 4.05. The minimum absolute atomic E-state index is 0.913. The van der Waals surface area contributed by atoms with Crippen molar-refractivity contribution in [2.45, 2.75) is 18.7 Å². The molecular weight excluding hydrogens is 338 g/mol. The summed E-state index contributed by atoms with van der Waals surface area (Å²) in [5.74, 6) is 1.07. The molecule has 124 valence electrons. The fourth-order valence-electron chi connectivity index (χ4n) is 2.86. The first-order valence-corrected chi connectivity index (χ1v) is 9.66. The van der Waals surface area contributed by atoms with Gasteiger partial charge in [0, 0.05) is 24.7 Å². The van der Waals surface area contributed by atoms with Gasteiger partial charge >= 0.3 is 0 Å². The maximum atomic E-state index is 4.56. The molecule has 2 aromatic heterocycles. The zero-order valence-electron chi connectivity index (χ0n) is 13.9. The highest BCUT2D eigenvalue weighted by atomic mass is 32.2. The van der Waals surface area contributed by atoms with E-state index in [4.69, 9.17) is 0 Å². The Morgan fingerprint density at radius 3 is 2.92 bits per heavy atom. The fourth-order valence-corrected chi connectivity index (χ4v) is 4.54. The third kappa shape index (κ3) is 2.71. The lowest BCUT2D eigenvalue weighted by atomic mass is 10.2. The summed E-state index contributed by atoms with van der Waals surface area (Å²) in [5.41, 5.74) is 5.52. The van der Waals surface area contributed by atoms with Crippen LogP contribution in [0.15, 0.2) is 34.2 Å². The molecule has 0 atom stereocenters. The Morgan fingerprint density at radius 1 is 1.33 bits per heavy atom. The molecule has 24 heavy (non-hydrogen) atoms. The molecule has 0 bridgehead atoms. The number of nitrogens with one attached hydrogen (secondary N) is 2. The number of aromatic amines is 1. The summed E-state index contributed by atoms with van der Waals surface area (Å²) >= 11 is 3.43. The van der Waals surface area contributed by atoms with Gasteiger partial charge in [-0.05, 0) is 37.9 Å². The maximum absolute atomic E-state index is 4.56. The van der Waals surface area contributed by atoms with E-state index >= 15 is 0 Å². The second-order valence-corrected chi connectivity index (χ2v) is 7.72. The number of aliphatic imine (C=N–C) groups is 1.